The second-order valence-corrected chi connectivity index (χ2v) is 4.29. The van der Waals surface area contributed by atoms with Crippen LogP contribution in [0, 0.1) is 0 Å². The van der Waals surface area contributed by atoms with Gasteiger partial charge in [0.1, 0.15) is 5.69 Å². The van der Waals surface area contributed by atoms with Gasteiger partial charge in [-0.05, 0) is 6.07 Å². The maximum absolute atomic E-state index is 12.6. The molecule has 0 unspecified atom stereocenters. The summed E-state index contributed by atoms with van der Waals surface area (Å²) in [6, 6.07) is 1.76. The van der Waals surface area contributed by atoms with E-state index in [0.29, 0.717) is 15.7 Å². The number of nitrogens with zero attached hydrogens (tertiary/aromatic N) is 6. The highest BCUT2D eigenvalue weighted by molar-refractivity contribution is 7.19. The third kappa shape index (κ3) is 1.58. The standard InChI is InChI=1S/C8H6F2N6S/c1-15-3-2-4(13-15)7-14-16-6(5(9)10)11-12-8(16)17-7/h2-3,5H,1H3. The first-order chi connectivity index (χ1) is 8.15. The molecule has 9 heteroatoms. The molecule has 0 atom stereocenters. The van der Waals surface area contributed by atoms with E-state index in [1.807, 2.05) is 0 Å². The fourth-order valence-corrected chi connectivity index (χ4v) is 2.21. The number of alkyl halides is 2. The summed E-state index contributed by atoms with van der Waals surface area (Å²) in [7, 11) is 1.77. The lowest BCUT2D eigenvalue weighted by Gasteiger charge is -1.91. The van der Waals surface area contributed by atoms with Gasteiger partial charge in [0.2, 0.25) is 10.8 Å². The molecule has 0 aliphatic carbocycles. The van der Waals surface area contributed by atoms with Crippen LogP contribution in [0.3, 0.4) is 0 Å². The van der Waals surface area contributed by atoms with Crippen molar-refractivity contribution in [1.82, 2.24) is 29.6 Å². The molecule has 3 rings (SSSR count). The lowest BCUT2D eigenvalue weighted by molar-refractivity contribution is 0.137. The van der Waals surface area contributed by atoms with Crippen molar-refractivity contribution in [3.63, 3.8) is 0 Å². The largest absolute Gasteiger partial charge is 0.299 e. The second-order valence-electron chi connectivity index (χ2n) is 3.34. The van der Waals surface area contributed by atoms with Crippen molar-refractivity contribution < 1.29 is 8.78 Å². The third-order valence-corrected chi connectivity index (χ3v) is 3.06. The number of rotatable bonds is 2. The second kappa shape index (κ2) is 3.55. The van der Waals surface area contributed by atoms with E-state index < -0.39 is 12.2 Å². The molecule has 6 nitrogen and oxygen atoms in total. The number of fused-ring (bicyclic) bond motifs is 1. The minimum absolute atomic E-state index is 0.334. The van der Waals surface area contributed by atoms with Gasteiger partial charge in [0.25, 0.3) is 6.43 Å². The predicted molar refractivity (Wildman–Crippen MR) is 55.8 cm³/mol. The van der Waals surface area contributed by atoms with Crippen molar-refractivity contribution in [2.24, 2.45) is 7.05 Å². The van der Waals surface area contributed by atoms with Crippen LogP contribution in [-0.4, -0.2) is 29.6 Å². The zero-order chi connectivity index (χ0) is 12.0. The minimum Gasteiger partial charge on any atom is -0.275 e. The van der Waals surface area contributed by atoms with Crippen LogP contribution in [-0.2, 0) is 7.05 Å². The monoisotopic (exact) mass is 256 g/mol. The molecule has 3 aromatic rings. The molecule has 0 radical (unpaired) electrons. The summed E-state index contributed by atoms with van der Waals surface area (Å²) in [5.74, 6) is -0.446. The average Bonchev–Trinajstić information content (AvgIpc) is 2.89. The van der Waals surface area contributed by atoms with Gasteiger partial charge < -0.3 is 0 Å². The molecule has 0 spiro atoms. The van der Waals surface area contributed by atoms with Gasteiger partial charge >= 0.3 is 0 Å². The molecular weight excluding hydrogens is 250 g/mol. The van der Waals surface area contributed by atoms with Crippen molar-refractivity contribution in [2.75, 3.05) is 0 Å². The van der Waals surface area contributed by atoms with E-state index in [1.165, 1.54) is 11.3 Å². The van der Waals surface area contributed by atoms with Crippen LogP contribution in [0.5, 0.6) is 0 Å². The van der Waals surface area contributed by atoms with Crippen LogP contribution in [0.1, 0.15) is 12.2 Å². The van der Waals surface area contributed by atoms with Gasteiger partial charge in [-0.15, -0.1) is 10.2 Å². The van der Waals surface area contributed by atoms with Crippen molar-refractivity contribution in [1.29, 1.82) is 0 Å². The maximum atomic E-state index is 12.6. The van der Waals surface area contributed by atoms with E-state index in [-0.39, 0.29) is 0 Å². The summed E-state index contributed by atoms with van der Waals surface area (Å²) in [6.45, 7) is 0. The van der Waals surface area contributed by atoms with E-state index in [9.17, 15) is 8.78 Å². The average molecular weight is 256 g/mol. The molecule has 0 saturated carbocycles. The van der Waals surface area contributed by atoms with Crippen LogP contribution in [0.4, 0.5) is 8.78 Å². The first-order valence-corrected chi connectivity index (χ1v) is 5.47. The molecule has 3 heterocycles. The zero-order valence-corrected chi connectivity index (χ0v) is 9.40. The quantitative estimate of drug-likeness (QED) is 0.697. The van der Waals surface area contributed by atoms with E-state index in [2.05, 4.69) is 20.4 Å². The molecule has 0 bridgehead atoms. The summed E-state index contributed by atoms with van der Waals surface area (Å²) in [5, 5.41) is 15.7. The molecule has 0 amide bonds. The van der Waals surface area contributed by atoms with E-state index in [0.717, 1.165) is 4.52 Å². The summed E-state index contributed by atoms with van der Waals surface area (Å²) in [4.78, 5) is 0.334. The number of halogens is 2. The summed E-state index contributed by atoms with van der Waals surface area (Å²) < 4.78 is 27.8. The Morgan fingerprint density at radius 1 is 1.29 bits per heavy atom. The smallest absolute Gasteiger partial charge is 0.275 e. The fraction of sp³-hybridized carbons (Fsp3) is 0.250. The summed E-state index contributed by atoms with van der Waals surface area (Å²) in [5.41, 5.74) is 0.628. The van der Waals surface area contributed by atoms with E-state index in [1.54, 1.807) is 24.0 Å². The first kappa shape index (κ1) is 10.3. The Morgan fingerprint density at radius 2 is 2.12 bits per heavy atom. The zero-order valence-electron chi connectivity index (χ0n) is 8.58. The van der Waals surface area contributed by atoms with Crippen LogP contribution >= 0.6 is 11.3 Å². The summed E-state index contributed by atoms with van der Waals surface area (Å²) >= 11 is 1.17. The van der Waals surface area contributed by atoms with E-state index >= 15 is 0 Å². The van der Waals surface area contributed by atoms with Crippen LogP contribution in [0.25, 0.3) is 15.7 Å². The van der Waals surface area contributed by atoms with Gasteiger partial charge in [0.05, 0.1) is 0 Å². The SMILES string of the molecule is Cn1ccc(-c2nn3c(C(F)F)nnc3s2)n1. The van der Waals surface area contributed by atoms with Gasteiger partial charge in [-0.25, -0.2) is 8.78 Å². The Kier molecular flexibility index (Phi) is 2.15. The molecule has 3 aromatic heterocycles. The Hall–Kier alpha value is -1.90. The maximum Gasteiger partial charge on any atom is 0.299 e. The predicted octanol–water partition coefficient (Wildman–Crippen LogP) is 1.52. The van der Waals surface area contributed by atoms with E-state index in [4.69, 9.17) is 0 Å². The third-order valence-electron chi connectivity index (χ3n) is 2.14. The van der Waals surface area contributed by atoms with Gasteiger partial charge in [0, 0.05) is 13.2 Å². The molecule has 0 fully saturated rings. The molecule has 0 aliphatic heterocycles. The minimum atomic E-state index is -2.69. The Balaban J connectivity index is 2.14. The lowest BCUT2D eigenvalue weighted by Crippen LogP contribution is -1.96. The molecule has 0 saturated heterocycles. The molecule has 0 N–H and O–H groups in total. The molecule has 0 aliphatic rings. The number of hydrogen-bond donors (Lipinski definition) is 0. The van der Waals surface area contributed by atoms with Crippen molar-refractivity contribution in [2.45, 2.75) is 6.43 Å². The molecule has 88 valence electrons. The fourth-order valence-electron chi connectivity index (χ4n) is 1.40. The van der Waals surface area contributed by atoms with Gasteiger partial charge in [-0.1, -0.05) is 11.3 Å². The van der Waals surface area contributed by atoms with Gasteiger partial charge in [-0.3, -0.25) is 4.68 Å². The first-order valence-electron chi connectivity index (χ1n) is 4.65. The Labute approximate surface area is 97.5 Å². The van der Waals surface area contributed by atoms with Gasteiger partial charge in [-0.2, -0.15) is 14.7 Å². The van der Waals surface area contributed by atoms with Gasteiger partial charge in [0.15, 0.2) is 5.01 Å². The highest BCUT2D eigenvalue weighted by atomic mass is 32.1. The van der Waals surface area contributed by atoms with Crippen molar-refractivity contribution in [3.05, 3.63) is 18.1 Å². The lowest BCUT2D eigenvalue weighted by atomic mass is 10.5. The molecule has 0 aromatic carbocycles. The number of hydrogen-bond acceptors (Lipinski definition) is 5. The number of aryl methyl sites for hydroxylation is 1. The van der Waals surface area contributed by atoms with Crippen LogP contribution < -0.4 is 0 Å². The summed E-state index contributed by atoms with van der Waals surface area (Å²) in [6.07, 6.45) is -0.935. The topological polar surface area (TPSA) is 60.9 Å². The molecular formula is C8H6F2N6S. The molecule has 17 heavy (non-hydrogen) atoms. The number of aromatic nitrogens is 6. The normalized spacial score (nSPS) is 11.8. The van der Waals surface area contributed by atoms with Crippen molar-refractivity contribution >= 4 is 16.3 Å². The van der Waals surface area contributed by atoms with Crippen LogP contribution in [0.2, 0.25) is 0 Å². The van der Waals surface area contributed by atoms with Crippen molar-refractivity contribution in [3.8, 4) is 10.7 Å². The highest BCUT2D eigenvalue weighted by Crippen LogP contribution is 2.26. The highest BCUT2D eigenvalue weighted by Gasteiger charge is 2.20. The Bertz CT molecular complexity index is 668. The van der Waals surface area contributed by atoms with Crippen LogP contribution in [0.15, 0.2) is 12.3 Å². The Morgan fingerprint density at radius 3 is 2.76 bits per heavy atom.